The highest BCUT2D eigenvalue weighted by Crippen LogP contribution is 2.24. The number of anilines is 1. The van der Waals surface area contributed by atoms with Gasteiger partial charge in [0, 0.05) is 19.1 Å². The van der Waals surface area contributed by atoms with E-state index < -0.39 is 10.2 Å². The standard InChI is InChI=1S/C14H23N3O2S/c1-11-6-5-9-17(10-11)20(18,19)16-14-8-4-3-7-13(14)12(2)15/h3-4,7-8,11-12,16H,5-6,9-10,15H2,1-2H3. The highest BCUT2D eigenvalue weighted by Gasteiger charge is 2.27. The summed E-state index contributed by atoms with van der Waals surface area (Å²) in [7, 11) is -3.50. The maximum absolute atomic E-state index is 12.4. The fourth-order valence-corrected chi connectivity index (χ4v) is 3.97. The van der Waals surface area contributed by atoms with Gasteiger partial charge in [0.25, 0.3) is 0 Å². The topological polar surface area (TPSA) is 75.4 Å². The summed E-state index contributed by atoms with van der Waals surface area (Å²) >= 11 is 0. The summed E-state index contributed by atoms with van der Waals surface area (Å²) in [5, 5.41) is 0. The molecule has 0 amide bonds. The second kappa shape index (κ2) is 6.11. The molecule has 0 spiro atoms. The van der Waals surface area contributed by atoms with Gasteiger partial charge in [0.2, 0.25) is 0 Å². The largest absolute Gasteiger partial charge is 0.324 e. The molecular weight excluding hydrogens is 274 g/mol. The quantitative estimate of drug-likeness (QED) is 0.893. The van der Waals surface area contributed by atoms with E-state index in [9.17, 15) is 8.42 Å². The Morgan fingerprint density at radius 2 is 2.10 bits per heavy atom. The van der Waals surface area contributed by atoms with Crippen LogP contribution < -0.4 is 10.5 Å². The van der Waals surface area contributed by atoms with Crippen LogP contribution in [0.15, 0.2) is 24.3 Å². The smallest absolute Gasteiger partial charge is 0.301 e. The Bertz CT molecular complexity index is 557. The van der Waals surface area contributed by atoms with Crippen molar-refractivity contribution in [2.45, 2.75) is 32.7 Å². The van der Waals surface area contributed by atoms with Crippen LogP contribution in [0.2, 0.25) is 0 Å². The van der Waals surface area contributed by atoms with Crippen LogP contribution >= 0.6 is 0 Å². The molecule has 6 heteroatoms. The molecule has 2 atom stereocenters. The lowest BCUT2D eigenvalue weighted by molar-refractivity contribution is 0.282. The first-order valence-corrected chi connectivity index (χ1v) is 8.46. The van der Waals surface area contributed by atoms with Gasteiger partial charge in [0.05, 0.1) is 5.69 Å². The van der Waals surface area contributed by atoms with Crippen molar-refractivity contribution in [2.75, 3.05) is 17.8 Å². The average molecular weight is 297 g/mol. The molecule has 0 saturated carbocycles. The van der Waals surface area contributed by atoms with E-state index in [1.165, 1.54) is 4.31 Å². The number of benzene rings is 1. The lowest BCUT2D eigenvalue weighted by atomic mass is 10.0. The average Bonchev–Trinajstić information content (AvgIpc) is 2.38. The van der Waals surface area contributed by atoms with Gasteiger partial charge >= 0.3 is 10.2 Å². The number of hydrogen-bond donors (Lipinski definition) is 2. The fourth-order valence-electron chi connectivity index (χ4n) is 2.56. The van der Waals surface area contributed by atoms with Crippen molar-refractivity contribution in [2.24, 2.45) is 11.7 Å². The Kier molecular flexibility index (Phi) is 4.67. The highest BCUT2D eigenvalue weighted by atomic mass is 32.2. The molecule has 20 heavy (non-hydrogen) atoms. The molecule has 2 unspecified atom stereocenters. The van der Waals surface area contributed by atoms with Crippen molar-refractivity contribution in [1.29, 1.82) is 0 Å². The molecule has 0 bridgehead atoms. The third-order valence-corrected chi connectivity index (χ3v) is 5.14. The zero-order chi connectivity index (χ0) is 14.8. The van der Waals surface area contributed by atoms with Gasteiger partial charge in [-0.05, 0) is 37.3 Å². The summed E-state index contributed by atoms with van der Waals surface area (Å²) in [6, 6.07) is 7.06. The van der Waals surface area contributed by atoms with E-state index in [1.807, 2.05) is 25.1 Å². The molecular formula is C14H23N3O2S. The number of para-hydroxylation sites is 1. The lowest BCUT2D eigenvalue weighted by Crippen LogP contribution is -2.42. The third-order valence-electron chi connectivity index (χ3n) is 3.65. The Morgan fingerprint density at radius 3 is 2.75 bits per heavy atom. The number of hydrogen-bond acceptors (Lipinski definition) is 3. The molecule has 1 aliphatic rings. The van der Waals surface area contributed by atoms with Gasteiger partial charge in [-0.2, -0.15) is 12.7 Å². The molecule has 1 saturated heterocycles. The predicted molar refractivity (Wildman–Crippen MR) is 81.6 cm³/mol. The summed E-state index contributed by atoms with van der Waals surface area (Å²) in [4.78, 5) is 0. The van der Waals surface area contributed by atoms with Crippen molar-refractivity contribution in [3.05, 3.63) is 29.8 Å². The van der Waals surface area contributed by atoms with Crippen LogP contribution in [0.1, 0.15) is 38.3 Å². The molecule has 3 N–H and O–H groups in total. The molecule has 0 radical (unpaired) electrons. The number of nitrogens with one attached hydrogen (secondary N) is 1. The SMILES string of the molecule is CC1CCCN(S(=O)(=O)Nc2ccccc2C(C)N)C1. The van der Waals surface area contributed by atoms with Crippen LogP contribution in [-0.2, 0) is 10.2 Å². The van der Waals surface area contributed by atoms with Gasteiger partial charge < -0.3 is 5.73 Å². The van der Waals surface area contributed by atoms with Crippen molar-refractivity contribution < 1.29 is 8.42 Å². The maximum atomic E-state index is 12.4. The van der Waals surface area contributed by atoms with Crippen LogP contribution in [0.25, 0.3) is 0 Å². The monoisotopic (exact) mass is 297 g/mol. The van der Waals surface area contributed by atoms with Crippen molar-refractivity contribution in [3.63, 3.8) is 0 Å². The number of nitrogens with zero attached hydrogens (tertiary/aromatic N) is 1. The van der Waals surface area contributed by atoms with E-state index in [4.69, 9.17) is 5.73 Å². The summed E-state index contributed by atoms with van der Waals surface area (Å²) in [5.74, 6) is 0.406. The Hall–Kier alpha value is -1.11. The minimum absolute atomic E-state index is 0.214. The van der Waals surface area contributed by atoms with E-state index in [0.717, 1.165) is 18.4 Å². The van der Waals surface area contributed by atoms with Crippen LogP contribution in [-0.4, -0.2) is 25.8 Å². The zero-order valence-corrected chi connectivity index (χ0v) is 12.9. The third kappa shape index (κ3) is 3.50. The number of nitrogens with two attached hydrogens (primary N) is 1. The first-order valence-electron chi connectivity index (χ1n) is 7.02. The summed E-state index contributed by atoms with van der Waals surface area (Å²) in [5.41, 5.74) is 7.26. The molecule has 112 valence electrons. The van der Waals surface area contributed by atoms with Gasteiger partial charge in [-0.15, -0.1) is 0 Å². The van der Waals surface area contributed by atoms with E-state index in [2.05, 4.69) is 11.6 Å². The van der Waals surface area contributed by atoms with Gasteiger partial charge in [-0.1, -0.05) is 25.1 Å². The van der Waals surface area contributed by atoms with Crippen LogP contribution in [0.4, 0.5) is 5.69 Å². The molecule has 5 nitrogen and oxygen atoms in total. The lowest BCUT2D eigenvalue weighted by Gasteiger charge is -2.30. The van der Waals surface area contributed by atoms with Gasteiger partial charge in [-0.25, -0.2) is 0 Å². The number of rotatable bonds is 4. The number of piperidine rings is 1. The molecule has 1 fully saturated rings. The minimum Gasteiger partial charge on any atom is -0.324 e. The van der Waals surface area contributed by atoms with E-state index >= 15 is 0 Å². The Labute approximate surface area is 121 Å². The Morgan fingerprint density at radius 1 is 1.40 bits per heavy atom. The van der Waals surface area contributed by atoms with Crippen LogP contribution in [0, 0.1) is 5.92 Å². The molecule has 0 aromatic heterocycles. The second-order valence-corrected chi connectivity index (χ2v) is 7.26. The maximum Gasteiger partial charge on any atom is 0.301 e. The molecule has 1 aromatic carbocycles. The van der Waals surface area contributed by atoms with Gasteiger partial charge in [0.1, 0.15) is 0 Å². The summed E-state index contributed by atoms with van der Waals surface area (Å²) in [6.07, 6.45) is 2.00. The molecule has 1 aromatic rings. The first kappa shape index (κ1) is 15.3. The predicted octanol–water partition coefficient (Wildman–Crippen LogP) is 2.09. The first-order chi connectivity index (χ1) is 9.40. The van der Waals surface area contributed by atoms with Crippen molar-refractivity contribution in [3.8, 4) is 0 Å². The van der Waals surface area contributed by atoms with Crippen LogP contribution in [0.3, 0.4) is 0 Å². The van der Waals surface area contributed by atoms with Gasteiger partial charge in [0.15, 0.2) is 0 Å². The normalized spacial score (nSPS) is 22.4. The zero-order valence-electron chi connectivity index (χ0n) is 12.0. The fraction of sp³-hybridized carbons (Fsp3) is 0.571. The van der Waals surface area contributed by atoms with E-state index in [0.29, 0.717) is 24.7 Å². The molecule has 0 aliphatic carbocycles. The van der Waals surface area contributed by atoms with Crippen molar-refractivity contribution in [1.82, 2.24) is 4.31 Å². The second-order valence-electron chi connectivity index (χ2n) is 5.59. The molecule has 2 rings (SSSR count). The summed E-state index contributed by atoms with van der Waals surface area (Å²) in [6.45, 7) is 5.09. The van der Waals surface area contributed by atoms with Crippen LogP contribution in [0.5, 0.6) is 0 Å². The summed E-state index contributed by atoms with van der Waals surface area (Å²) < 4.78 is 29.1. The van der Waals surface area contributed by atoms with E-state index in [-0.39, 0.29) is 6.04 Å². The minimum atomic E-state index is -3.50. The molecule has 1 heterocycles. The Balaban J connectivity index is 2.20. The highest BCUT2D eigenvalue weighted by molar-refractivity contribution is 7.90. The molecule has 1 aliphatic heterocycles. The van der Waals surface area contributed by atoms with Crippen molar-refractivity contribution >= 4 is 15.9 Å². The van der Waals surface area contributed by atoms with E-state index in [1.54, 1.807) is 6.07 Å². The van der Waals surface area contributed by atoms with Gasteiger partial charge in [-0.3, -0.25) is 4.72 Å².